The second-order valence-electron chi connectivity index (χ2n) is 6.12. The summed E-state index contributed by atoms with van der Waals surface area (Å²) in [5, 5.41) is 0. The van der Waals surface area contributed by atoms with Crippen LogP contribution in [0.25, 0.3) is 0 Å². The standard InChI is InChI=1S/C17H21INO.C5H5.Fe/c1-13(17(20-3)15-7-5-4-6-8-15)19(2)12-14-9-10-16(18)11-14;1-2-4-5-3-1;/h4-11,13,17H,12H2,1-3H3;1-5H;/q;;+2/t13-,17+;;/m0../s1. The molecule has 3 rings (SSSR count). The first-order valence-electron chi connectivity index (χ1n) is 8.47. The van der Waals surface area contributed by atoms with Crippen molar-refractivity contribution in [3.8, 4) is 0 Å². The molecule has 0 N–H and O–H groups in total. The average molecular weight is 503 g/mol. The Morgan fingerprint density at radius 3 is 2.04 bits per heavy atom. The second-order valence-corrected chi connectivity index (χ2v) is 7.37. The summed E-state index contributed by atoms with van der Waals surface area (Å²) in [5.41, 5.74) is 1.23. The third kappa shape index (κ3) is 8.18. The van der Waals surface area contributed by atoms with Crippen LogP contribution in [0, 0.1) is 61.2 Å². The van der Waals surface area contributed by atoms with Crippen LogP contribution in [0.4, 0.5) is 0 Å². The van der Waals surface area contributed by atoms with Gasteiger partial charge < -0.3 is 9.64 Å². The van der Waals surface area contributed by atoms with E-state index in [9.17, 15) is 0 Å². The zero-order valence-electron chi connectivity index (χ0n) is 15.5. The van der Waals surface area contributed by atoms with E-state index in [0.717, 1.165) is 6.54 Å². The van der Waals surface area contributed by atoms with Gasteiger partial charge in [-0.2, -0.15) is 0 Å². The van der Waals surface area contributed by atoms with Crippen LogP contribution in [-0.2, 0) is 21.8 Å². The number of ether oxygens (including phenoxy) is 1. The molecule has 1 aromatic rings. The van der Waals surface area contributed by atoms with E-state index < -0.39 is 0 Å². The number of hydrogen-bond acceptors (Lipinski definition) is 2. The quantitative estimate of drug-likeness (QED) is 0.406. The minimum atomic E-state index is 0. The number of halogens is 1. The van der Waals surface area contributed by atoms with Gasteiger partial charge in [0.2, 0.25) is 0 Å². The minimum Gasteiger partial charge on any atom is -0.375 e. The molecule has 138 valence electrons. The molecule has 2 saturated carbocycles. The molecule has 10 radical (unpaired) electrons. The summed E-state index contributed by atoms with van der Waals surface area (Å²) in [7, 11) is 3.94. The zero-order valence-corrected chi connectivity index (χ0v) is 18.7. The number of benzene rings is 1. The molecular weight excluding hydrogens is 477 g/mol. The molecule has 0 unspecified atom stereocenters. The van der Waals surface area contributed by atoms with Crippen molar-refractivity contribution in [1.29, 1.82) is 0 Å². The Labute approximate surface area is 185 Å². The maximum atomic E-state index is 5.72. The summed E-state index contributed by atoms with van der Waals surface area (Å²) < 4.78 is 7.02. The van der Waals surface area contributed by atoms with Crippen molar-refractivity contribution in [3.63, 3.8) is 0 Å². The van der Waals surface area contributed by atoms with Gasteiger partial charge in [-0.25, -0.2) is 0 Å². The van der Waals surface area contributed by atoms with E-state index in [0.29, 0.717) is 6.04 Å². The molecule has 0 aliphatic heterocycles. The van der Waals surface area contributed by atoms with Crippen molar-refractivity contribution in [2.45, 2.75) is 19.1 Å². The van der Waals surface area contributed by atoms with Gasteiger partial charge in [-0.05, 0) is 76.8 Å². The number of hydrogen-bond donors (Lipinski definition) is 0. The topological polar surface area (TPSA) is 12.5 Å². The van der Waals surface area contributed by atoms with Crippen LogP contribution in [0.2, 0.25) is 0 Å². The van der Waals surface area contributed by atoms with Crippen LogP contribution in [0.3, 0.4) is 0 Å². The predicted molar refractivity (Wildman–Crippen MR) is 113 cm³/mol. The summed E-state index contributed by atoms with van der Waals surface area (Å²) in [4.78, 5) is 2.34. The first-order chi connectivity index (χ1) is 12.1. The second kappa shape index (κ2) is 13.5. The molecule has 0 amide bonds. The van der Waals surface area contributed by atoms with E-state index in [4.69, 9.17) is 4.74 Å². The molecule has 2 aliphatic rings. The van der Waals surface area contributed by atoms with Crippen LogP contribution < -0.4 is 0 Å². The van der Waals surface area contributed by atoms with E-state index in [-0.39, 0.29) is 23.2 Å². The van der Waals surface area contributed by atoms with Gasteiger partial charge in [-0.1, -0.05) is 52.9 Å². The molecule has 2 nitrogen and oxygen atoms in total. The van der Waals surface area contributed by atoms with Crippen molar-refractivity contribution in [3.05, 3.63) is 97.1 Å². The Hall–Kier alpha value is 0.389. The molecule has 26 heavy (non-hydrogen) atoms. The Bertz CT molecular complexity index is 461. The van der Waals surface area contributed by atoms with Crippen LogP contribution in [0.5, 0.6) is 0 Å². The third-order valence-electron chi connectivity index (χ3n) is 4.28. The van der Waals surface area contributed by atoms with Crippen molar-refractivity contribution in [2.24, 2.45) is 0 Å². The maximum Gasteiger partial charge on any atom is 2.00 e. The normalized spacial score (nSPS) is 20.3. The zero-order chi connectivity index (χ0) is 18.1. The summed E-state index contributed by atoms with van der Waals surface area (Å²) in [6.07, 6.45) is 16.7. The van der Waals surface area contributed by atoms with E-state index in [1.807, 2.05) is 38.2 Å². The van der Waals surface area contributed by atoms with E-state index in [1.165, 1.54) is 15.4 Å². The van der Waals surface area contributed by atoms with E-state index in [1.54, 1.807) is 7.11 Å². The van der Waals surface area contributed by atoms with E-state index in [2.05, 4.69) is 85.0 Å². The van der Waals surface area contributed by atoms with Gasteiger partial charge in [0.15, 0.2) is 0 Å². The van der Waals surface area contributed by atoms with Crippen molar-refractivity contribution in [2.75, 3.05) is 20.7 Å². The molecule has 0 spiro atoms. The molecular formula is C22H26FeINO+2. The maximum absolute atomic E-state index is 5.72. The van der Waals surface area contributed by atoms with Crippen molar-refractivity contribution < 1.29 is 21.8 Å². The molecule has 0 saturated heterocycles. The van der Waals surface area contributed by atoms with Gasteiger partial charge in [-0.15, -0.1) is 0 Å². The van der Waals surface area contributed by atoms with E-state index >= 15 is 0 Å². The van der Waals surface area contributed by atoms with Gasteiger partial charge in [0.25, 0.3) is 0 Å². The van der Waals surface area contributed by atoms with Gasteiger partial charge in [-0.3, -0.25) is 0 Å². The smallest absolute Gasteiger partial charge is 0.375 e. The fraction of sp³-hybridized carbons (Fsp3) is 0.273. The monoisotopic (exact) mass is 503 g/mol. The summed E-state index contributed by atoms with van der Waals surface area (Å²) in [5.74, 6) is 1.35. The minimum absolute atomic E-state index is 0. The molecule has 2 aliphatic carbocycles. The predicted octanol–water partition coefficient (Wildman–Crippen LogP) is 4.88. The Morgan fingerprint density at radius 2 is 1.58 bits per heavy atom. The summed E-state index contributed by atoms with van der Waals surface area (Å²) >= 11 is 2.35. The fourth-order valence-corrected chi connectivity index (χ4v) is 3.38. The SMILES string of the molecule is CO[C@@H](c1ccccc1)[C@H](C)N(C)C[C]1[CH][CH][C](I)[CH]1.[CH]1[CH][CH][CH][CH]1.[Fe+2]. The number of nitrogens with zero attached hydrogens (tertiary/aromatic N) is 1. The van der Waals surface area contributed by atoms with Crippen LogP contribution in [0.15, 0.2) is 30.3 Å². The Balaban J connectivity index is 0.000000486. The van der Waals surface area contributed by atoms with Gasteiger partial charge in [0, 0.05) is 23.6 Å². The fourth-order valence-electron chi connectivity index (χ4n) is 2.80. The van der Waals surface area contributed by atoms with Crippen molar-refractivity contribution >= 4 is 22.6 Å². The molecule has 0 bridgehead atoms. The molecule has 1 aromatic carbocycles. The van der Waals surface area contributed by atoms with Crippen molar-refractivity contribution in [1.82, 2.24) is 4.90 Å². The van der Waals surface area contributed by atoms with Gasteiger partial charge in [0.05, 0.1) is 6.10 Å². The summed E-state index contributed by atoms with van der Waals surface area (Å²) in [6.45, 7) is 3.16. The number of likely N-dealkylation sites (N-methyl/N-ethyl adjacent to an activating group) is 1. The average Bonchev–Trinajstić information content (AvgIpc) is 3.31. The molecule has 2 fully saturated rings. The Kier molecular flexibility index (Phi) is 12.7. The molecule has 4 heteroatoms. The summed E-state index contributed by atoms with van der Waals surface area (Å²) in [6, 6.07) is 10.7. The first-order valence-corrected chi connectivity index (χ1v) is 9.55. The number of methoxy groups -OCH3 is 1. The molecule has 0 heterocycles. The largest absolute Gasteiger partial charge is 2.00 e. The van der Waals surface area contributed by atoms with Crippen LogP contribution in [-0.4, -0.2) is 31.6 Å². The number of rotatable bonds is 6. The molecule has 2 atom stereocenters. The van der Waals surface area contributed by atoms with Crippen LogP contribution >= 0.6 is 22.6 Å². The van der Waals surface area contributed by atoms with Gasteiger partial charge in [0.1, 0.15) is 0 Å². The third-order valence-corrected chi connectivity index (χ3v) is 4.95. The first kappa shape index (κ1) is 24.4. The molecule has 0 aromatic heterocycles. The van der Waals surface area contributed by atoms with Gasteiger partial charge >= 0.3 is 17.1 Å². The van der Waals surface area contributed by atoms with Crippen LogP contribution in [0.1, 0.15) is 18.6 Å². The Morgan fingerprint density at radius 1 is 1.00 bits per heavy atom.